The lowest BCUT2D eigenvalue weighted by atomic mass is 10.1. The zero-order chi connectivity index (χ0) is 15.8. The lowest BCUT2D eigenvalue weighted by Gasteiger charge is -1.97. The molecule has 1 aliphatic rings. The molecule has 1 atom stereocenters. The molecule has 3 nitrogen and oxygen atoms in total. The third-order valence-electron chi connectivity index (χ3n) is 3.78. The lowest BCUT2D eigenvalue weighted by Crippen LogP contribution is -1.93. The second-order valence-corrected chi connectivity index (χ2v) is 6.07. The molecule has 0 aromatic rings. The van der Waals surface area contributed by atoms with E-state index in [2.05, 4.69) is 13.8 Å². The van der Waals surface area contributed by atoms with Crippen LogP contribution in [0.15, 0.2) is 0 Å². The van der Waals surface area contributed by atoms with Crippen LogP contribution in [0.2, 0.25) is 0 Å². The summed E-state index contributed by atoms with van der Waals surface area (Å²) in [6.07, 6.45) is 16.3. The number of hydrogen-bond acceptors (Lipinski definition) is 2. The van der Waals surface area contributed by atoms with Gasteiger partial charge in [-0.05, 0) is 12.8 Å². The fraction of sp³-hybridized carbons (Fsp3) is 0.944. The molecule has 0 aromatic heterocycles. The summed E-state index contributed by atoms with van der Waals surface area (Å²) in [5, 5.41) is 8.27. The highest BCUT2D eigenvalue weighted by Gasteiger charge is 2.20. The maximum Gasteiger partial charge on any atom is 0.303 e. The zero-order valence-electron chi connectivity index (χ0n) is 14.2. The predicted molar refractivity (Wildman–Crippen MR) is 88.7 cm³/mol. The van der Waals surface area contributed by atoms with Crippen molar-refractivity contribution in [3.8, 4) is 0 Å². The normalized spacial score (nSPS) is 16.2. The van der Waals surface area contributed by atoms with Gasteiger partial charge in [-0.15, -0.1) is 0 Å². The van der Waals surface area contributed by atoms with Crippen LogP contribution in [0, 0.1) is 0 Å². The van der Waals surface area contributed by atoms with E-state index in [1.807, 2.05) is 0 Å². The second-order valence-electron chi connectivity index (χ2n) is 6.07. The van der Waals surface area contributed by atoms with Gasteiger partial charge >= 0.3 is 5.97 Å². The molecule has 0 saturated carbocycles. The molecule has 1 saturated heterocycles. The molecule has 1 unspecified atom stereocenters. The Morgan fingerprint density at radius 1 is 0.905 bits per heavy atom. The van der Waals surface area contributed by atoms with Gasteiger partial charge in [-0.25, -0.2) is 0 Å². The molecule has 0 spiro atoms. The number of unbranched alkanes of at least 4 members (excludes halogenated alkanes) is 9. The summed E-state index contributed by atoms with van der Waals surface area (Å²) in [6.45, 7) is 5.45. The Morgan fingerprint density at radius 2 is 1.38 bits per heavy atom. The molecule has 126 valence electrons. The summed E-state index contributed by atoms with van der Waals surface area (Å²) in [5.41, 5.74) is 0. The van der Waals surface area contributed by atoms with Gasteiger partial charge in [0.05, 0.1) is 12.7 Å². The average molecular weight is 300 g/mol. The van der Waals surface area contributed by atoms with E-state index in [0.717, 1.165) is 19.4 Å². The number of hydrogen-bond donors (Lipinski definition) is 1. The Bertz CT molecular complexity index is 225. The van der Waals surface area contributed by atoms with Crippen molar-refractivity contribution < 1.29 is 14.6 Å². The van der Waals surface area contributed by atoms with Gasteiger partial charge in [0.15, 0.2) is 0 Å². The zero-order valence-corrected chi connectivity index (χ0v) is 14.2. The molecule has 0 radical (unpaired) electrons. The van der Waals surface area contributed by atoms with Gasteiger partial charge in [0, 0.05) is 6.42 Å². The fourth-order valence-corrected chi connectivity index (χ4v) is 2.27. The molecule has 0 bridgehead atoms. The molecule has 21 heavy (non-hydrogen) atoms. The summed E-state index contributed by atoms with van der Waals surface area (Å²) in [4.78, 5) is 10.0. The summed E-state index contributed by atoms with van der Waals surface area (Å²) < 4.78 is 5.14. The number of ether oxygens (including phenoxy) is 1. The minimum atomic E-state index is -0.670. The molecule has 1 rings (SSSR count). The van der Waals surface area contributed by atoms with Crippen LogP contribution >= 0.6 is 0 Å². The highest BCUT2D eigenvalue weighted by atomic mass is 16.6. The third-order valence-corrected chi connectivity index (χ3v) is 3.78. The van der Waals surface area contributed by atoms with Crippen LogP contribution in [-0.2, 0) is 9.53 Å². The van der Waals surface area contributed by atoms with Crippen molar-refractivity contribution in [2.24, 2.45) is 0 Å². The van der Waals surface area contributed by atoms with Gasteiger partial charge < -0.3 is 9.84 Å². The largest absolute Gasteiger partial charge is 0.481 e. The first-order valence-corrected chi connectivity index (χ1v) is 9.04. The maximum absolute atomic E-state index is 10.0. The van der Waals surface area contributed by atoms with Gasteiger partial charge in [-0.3, -0.25) is 4.79 Å². The first-order chi connectivity index (χ1) is 10.2. The molecule has 1 fully saturated rings. The molecule has 3 heteroatoms. The molecule has 1 N–H and O–H groups in total. The van der Waals surface area contributed by atoms with Crippen LogP contribution in [0.25, 0.3) is 0 Å². The smallest absolute Gasteiger partial charge is 0.303 e. The fourth-order valence-electron chi connectivity index (χ4n) is 2.27. The molecule has 0 amide bonds. The van der Waals surface area contributed by atoms with Gasteiger partial charge in [0.25, 0.3) is 0 Å². The molecule has 0 aliphatic carbocycles. The van der Waals surface area contributed by atoms with E-state index in [1.54, 1.807) is 0 Å². The Hall–Kier alpha value is -0.570. The minimum Gasteiger partial charge on any atom is -0.481 e. The SMILES string of the molecule is CCCCCCCC(=O)O.CCCCCCCCC1CO1. The highest BCUT2D eigenvalue weighted by Crippen LogP contribution is 2.17. The van der Waals surface area contributed by atoms with Crippen LogP contribution in [0.5, 0.6) is 0 Å². The van der Waals surface area contributed by atoms with Crippen LogP contribution in [0.4, 0.5) is 0 Å². The Kier molecular flexibility index (Phi) is 15.4. The first-order valence-electron chi connectivity index (χ1n) is 9.04. The average Bonchev–Trinajstić information content (AvgIpc) is 3.27. The Labute approximate surface area is 131 Å². The van der Waals surface area contributed by atoms with Crippen molar-refractivity contribution in [1.29, 1.82) is 0 Å². The van der Waals surface area contributed by atoms with E-state index in [1.165, 1.54) is 64.2 Å². The number of aliphatic carboxylic acids is 1. The standard InChI is InChI=1S/C10H20O.C8H16O2/c1-2-3-4-5-6-7-8-10-9-11-10;1-2-3-4-5-6-7-8(9)10/h10H,2-9H2,1H3;2-7H2,1H3,(H,9,10). The van der Waals surface area contributed by atoms with Crippen LogP contribution in [-0.4, -0.2) is 23.8 Å². The molecule has 0 aromatic carbocycles. The summed E-state index contributed by atoms with van der Waals surface area (Å²) in [6, 6.07) is 0. The number of carbonyl (C=O) groups is 1. The van der Waals surface area contributed by atoms with Crippen molar-refractivity contribution in [3.63, 3.8) is 0 Å². The van der Waals surface area contributed by atoms with Gasteiger partial charge in [-0.2, -0.15) is 0 Å². The monoisotopic (exact) mass is 300 g/mol. The van der Waals surface area contributed by atoms with Crippen molar-refractivity contribution in [2.45, 2.75) is 103 Å². The van der Waals surface area contributed by atoms with Crippen LogP contribution < -0.4 is 0 Å². The maximum atomic E-state index is 10.0. The number of carboxylic acid groups (broad SMARTS) is 1. The summed E-state index contributed by atoms with van der Waals surface area (Å²) >= 11 is 0. The van der Waals surface area contributed by atoms with Crippen LogP contribution in [0.3, 0.4) is 0 Å². The van der Waals surface area contributed by atoms with Crippen molar-refractivity contribution >= 4 is 5.97 Å². The van der Waals surface area contributed by atoms with Gasteiger partial charge in [-0.1, -0.05) is 78.1 Å². The van der Waals surface area contributed by atoms with E-state index in [-0.39, 0.29) is 0 Å². The van der Waals surface area contributed by atoms with Gasteiger partial charge in [0.2, 0.25) is 0 Å². The Morgan fingerprint density at radius 3 is 1.86 bits per heavy atom. The summed E-state index contributed by atoms with van der Waals surface area (Å²) in [5.74, 6) is -0.670. The molecule has 1 heterocycles. The van der Waals surface area contributed by atoms with Crippen molar-refractivity contribution in [1.82, 2.24) is 0 Å². The number of rotatable bonds is 13. The van der Waals surface area contributed by atoms with Crippen LogP contribution in [0.1, 0.15) is 97.3 Å². The third kappa shape index (κ3) is 19.4. The lowest BCUT2D eigenvalue weighted by molar-refractivity contribution is -0.137. The topological polar surface area (TPSA) is 49.8 Å². The van der Waals surface area contributed by atoms with Crippen molar-refractivity contribution in [2.75, 3.05) is 6.61 Å². The van der Waals surface area contributed by atoms with Gasteiger partial charge in [0.1, 0.15) is 0 Å². The van der Waals surface area contributed by atoms with E-state index in [9.17, 15) is 4.79 Å². The van der Waals surface area contributed by atoms with E-state index < -0.39 is 5.97 Å². The molecule has 1 aliphatic heterocycles. The highest BCUT2D eigenvalue weighted by molar-refractivity contribution is 5.66. The minimum absolute atomic E-state index is 0.337. The molecular formula is C18H36O3. The summed E-state index contributed by atoms with van der Waals surface area (Å²) in [7, 11) is 0. The number of carboxylic acids is 1. The van der Waals surface area contributed by atoms with E-state index >= 15 is 0 Å². The quantitative estimate of drug-likeness (QED) is 0.357. The Balaban J connectivity index is 0.000000384. The van der Waals surface area contributed by atoms with Crippen molar-refractivity contribution in [3.05, 3.63) is 0 Å². The molecular weight excluding hydrogens is 264 g/mol. The predicted octanol–water partition coefficient (Wildman–Crippen LogP) is 5.57. The van der Waals surface area contributed by atoms with E-state index in [4.69, 9.17) is 9.84 Å². The number of epoxide rings is 1. The second kappa shape index (κ2) is 15.8. The van der Waals surface area contributed by atoms with E-state index in [0.29, 0.717) is 12.5 Å². The first kappa shape index (κ1) is 20.4.